The minimum atomic E-state index is -0.838. The Hall–Kier alpha value is -2.76. The molecule has 0 atom stereocenters. The summed E-state index contributed by atoms with van der Waals surface area (Å²) in [7, 11) is 0. The fourth-order valence-corrected chi connectivity index (χ4v) is 1.97. The lowest BCUT2D eigenvalue weighted by Gasteiger charge is -2.11. The van der Waals surface area contributed by atoms with Crippen LogP contribution in [0.5, 0.6) is 0 Å². The van der Waals surface area contributed by atoms with Crippen LogP contribution in [0.1, 0.15) is 20.7 Å². The van der Waals surface area contributed by atoms with Gasteiger partial charge in [-0.05, 0) is 29.8 Å². The molecule has 0 saturated heterocycles. The lowest BCUT2D eigenvalue weighted by Crippen LogP contribution is -2.18. The van der Waals surface area contributed by atoms with E-state index >= 15 is 0 Å². The van der Waals surface area contributed by atoms with Crippen molar-refractivity contribution in [2.75, 3.05) is 0 Å². The highest BCUT2D eigenvalue weighted by atomic mass is 19.1. The molecule has 4 nitrogen and oxygen atoms in total. The number of nitrogens with two attached hydrogens (primary N) is 2. The molecule has 6 heteroatoms. The summed E-state index contributed by atoms with van der Waals surface area (Å²) in [5.74, 6) is -3.33. The van der Waals surface area contributed by atoms with E-state index in [0.717, 1.165) is 12.1 Å². The third-order valence-electron chi connectivity index (χ3n) is 2.75. The summed E-state index contributed by atoms with van der Waals surface area (Å²) in [4.78, 5) is 22.8. The highest BCUT2D eigenvalue weighted by molar-refractivity contribution is 6.08. The molecule has 2 aromatic rings. The second-order valence-electron chi connectivity index (χ2n) is 4.11. The van der Waals surface area contributed by atoms with E-state index in [1.807, 2.05) is 0 Å². The summed E-state index contributed by atoms with van der Waals surface area (Å²) in [5.41, 5.74) is 10.4. The van der Waals surface area contributed by atoms with Crippen LogP contribution in [-0.4, -0.2) is 11.8 Å². The molecule has 0 saturated carbocycles. The molecule has 2 rings (SSSR count). The number of rotatable bonds is 3. The molecule has 0 fully saturated rings. The van der Waals surface area contributed by atoms with E-state index in [2.05, 4.69) is 0 Å². The van der Waals surface area contributed by atoms with Crippen molar-refractivity contribution in [1.82, 2.24) is 0 Å². The maximum atomic E-state index is 13.3. The van der Waals surface area contributed by atoms with Crippen molar-refractivity contribution in [3.8, 4) is 11.1 Å². The standard InChI is InChI=1S/C14H10F2N2O2/c15-8-4-7(5-9(16)6-8)12-10(13(17)19)2-1-3-11(12)14(18)20/h1-6H,(H2,17,19)(H2,18,20). The van der Waals surface area contributed by atoms with Crippen LogP contribution in [0.3, 0.4) is 0 Å². The zero-order valence-electron chi connectivity index (χ0n) is 10.2. The van der Waals surface area contributed by atoms with E-state index in [4.69, 9.17) is 11.5 Å². The summed E-state index contributed by atoms with van der Waals surface area (Å²) in [6.07, 6.45) is 0. The Labute approximate surface area is 113 Å². The minimum absolute atomic E-state index is 0.0192. The summed E-state index contributed by atoms with van der Waals surface area (Å²) in [6.45, 7) is 0. The fraction of sp³-hybridized carbons (Fsp3) is 0. The summed E-state index contributed by atoms with van der Waals surface area (Å²) < 4.78 is 26.6. The molecule has 0 heterocycles. The van der Waals surface area contributed by atoms with E-state index in [1.54, 1.807) is 0 Å². The van der Waals surface area contributed by atoms with Gasteiger partial charge in [0.2, 0.25) is 11.8 Å². The van der Waals surface area contributed by atoms with E-state index in [0.29, 0.717) is 6.07 Å². The molecule has 0 aliphatic carbocycles. The van der Waals surface area contributed by atoms with Crippen molar-refractivity contribution in [1.29, 1.82) is 0 Å². The molecule has 0 unspecified atom stereocenters. The number of carbonyl (C=O) groups is 2. The van der Waals surface area contributed by atoms with Crippen molar-refractivity contribution >= 4 is 11.8 Å². The molecule has 0 radical (unpaired) electrons. The number of hydrogen-bond donors (Lipinski definition) is 2. The van der Waals surface area contributed by atoms with Crippen LogP contribution in [-0.2, 0) is 0 Å². The van der Waals surface area contributed by atoms with Crippen molar-refractivity contribution in [2.24, 2.45) is 11.5 Å². The summed E-state index contributed by atoms with van der Waals surface area (Å²) in [6, 6.07) is 6.80. The Kier molecular flexibility index (Phi) is 3.47. The van der Waals surface area contributed by atoms with Crippen molar-refractivity contribution < 1.29 is 18.4 Å². The average Bonchev–Trinajstić information content (AvgIpc) is 2.36. The molecule has 0 aromatic heterocycles. The zero-order valence-corrected chi connectivity index (χ0v) is 10.2. The zero-order chi connectivity index (χ0) is 14.9. The lowest BCUT2D eigenvalue weighted by atomic mass is 9.93. The van der Waals surface area contributed by atoms with Crippen molar-refractivity contribution in [2.45, 2.75) is 0 Å². The predicted octanol–water partition coefficient (Wildman–Crippen LogP) is 1.83. The van der Waals surface area contributed by atoms with Crippen LogP contribution < -0.4 is 11.5 Å². The molecule has 2 amide bonds. The molecule has 0 aliphatic heterocycles. The molecule has 20 heavy (non-hydrogen) atoms. The Morgan fingerprint density at radius 2 is 1.30 bits per heavy atom. The van der Waals surface area contributed by atoms with E-state index in [9.17, 15) is 18.4 Å². The Bertz CT molecular complexity index is 662. The molecular weight excluding hydrogens is 266 g/mol. The molecule has 4 N–H and O–H groups in total. The lowest BCUT2D eigenvalue weighted by molar-refractivity contribution is 0.0999. The van der Waals surface area contributed by atoms with Gasteiger partial charge in [-0.1, -0.05) is 6.07 Å². The smallest absolute Gasteiger partial charge is 0.249 e. The predicted molar refractivity (Wildman–Crippen MR) is 68.8 cm³/mol. The quantitative estimate of drug-likeness (QED) is 0.896. The summed E-state index contributed by atoms with van der Waals surface area (Å²) in [5, 5.41) is 0. The Morgan fingerprint density at radius 3 is 1.70 bits per heavy atom. The monoisotopic (exact) mass is 276 g/mol. The first kappa shape index (κ1) is 13.7. The number of carbonyl (C=O) groups excluding carboxylic acids is 2. The highest BCUT2D eigenvalue weighted by Gasteiger charge is 2.18. The largest absolute Gasteiger partial charge is 0.366 e. The normalized spacial score (nSPS) is 10.3. The number of hydrogen-bond acceptors (Lipinski definition) is 2. The van der Waals surface area contributed by atoms with Gasteiger partial charge < -0.3 is 11.5 Å². The van der Waals surface area contributed by atoms with Crippen LogP contribution >= 0.6 is 0 Å². The first-order chi connectivity index (χ1) is 9.40. The number of benzene rings is 2. The van der Waals surface area contributed by atoms with Gasteiger partial charge in [-0.15, -0.1) is 0 Å². The summed E-state index contributed by atoms with van der Waals surface area (Å²) >= 11 is 0. The average molecular weight is 276 g/mol. The molecule has 102 valence electrons. The van der Waals surface area contributed by atoms with Gasteiger partial charge in [-0.2, -0.15) is 0 Å². The number of amides is 2. The second kappa shape index (κ2) is 5.08. The first-order valence-corrected chi connectivity index (χ1v) is 5.59. The van der Waals surface area contributed by atoms with Crippen molar-refractivity contribution in [3.63, 3.8) is 0 Å². The fourth-order valence-electron chi connectivity index (χ4n) is 1.97. The molecule has 0 aliphatic rings. The SMILES string of the molecule is NC(=O)c1cccc(C(N)=O)c1-c1cc(F)cc(F)c1. The molecule has 0 spiro atoms. The maximum Gasteiger partial charge on any atom is 0.249 e. The minimum Gasteiger partial charge on any atom is -0.366 e. The Morgan fingerprint density at radius 1 is 0.850 bits per heavy atom. The van der Waals surface area contributed by atoms with E-state index < -0.39 is 23.4 Å². The van der Waals surface area contributed by atoms with Gasteiger partial charge in [0, 0.05) is 22.8 Å². The van der Waals surface area contributed by atoms with Crippen LogP contribution in [0.15, 0.2) is 36.4 Å². The topological polar surface area (TPSA) is 86.2 Å². The van der Waals surface area contributed by atoms with Gasteiger partial charge in [0.25, 0.3) is 0 Å². The van der Waals surface area contributed by atoms with Gasteiger partial charge >= 0.3 is 0 Å². The Balaban J connectivity index is 2.82. The van der Waals surface area contributed by atoms with Crippen LogP contribution in [0.25, 0.3) is 11.1 Å². The molecule has 2 aromatic carbocycles. The van der Waals surface area contributed by atoms with Gasteiger partial charge in [0.05, 0.1) is 0 Å². The van der Waals surface area contributed by atoms with Crippen LogP contribution in [0, 0.1) is 11.6 Å². The van der Waals surface area contributed by atoms with Gasteiger partial charge in [0.1, 0.15) is 11.6 Å². The molecule has 0 bridgehead atoms. The third kappa shape index (κ3) is 2.49. The third-order valence-corrected chi connectivity index (χ3v) is 2.75. The van der Waals surface area contributed by atoms with Gasteiger partial charge in [-0.25, -0.2) is 8.78 Å². The maximum absolute atomic E-state index is 13.3. The molecular formula is C14H10F2N2O2. The van der Waals surface area contributed by atoms with Crippen LogP contribution in [0.2, 0.25) is 0 Å². The second-order valence-corrected chi connectivity index (χ2v) is 4.11. The van der Waals surface area contributed by atoms with Gasteiger partial charge in [-0.3, -0.25) is 9.59 Å². The number of primary amides is 2. The van der Waals surface area contributed by atoms with Gasteiger partial charge in [0.15, 0.2) is 0 Å². The van der Waals surface area contributed by atoms with Crippen LogP contribution in [0.4, 0.5) is 8.78 Å². The van der Waals surface area contributed by atoms with Crippen molar-refractivity contribution in [3.05, 3.63) is 59.2 Å². The van der Waals surface area contributed by atoms with E-state index in [-0.39, 0.29) is 22.3 Å². The highest BCUT2D eigenvalue weighted by Crippen LogP contribution is 2.29. The van der Waals surface area contributed by atoms with E-state index in [1.165, 1.54) is 18.2 Å². The first-order valence-electron chi connectivity index (χ1n) is 5.59. The number of halogens is 2.